The van der Waals surface area contributed by atoms with Crippen LogP contribution in [0.25, 0.3) is 0 Å². The first-order valence-corrected chi connectivity index (χ1v) is 7.23. The van der Waals surface area contributed by atoms with Gasteiger partial charge in [-0.2, -0.15) is 0 Å². The van der Waals surface area contributed by atoms with E-state index in [2.05, 4.69) is 37.2 Å². The van der Waals surface area contributed by atoms with E-state index in [0.29, 0.717) is 10.6 Å². The van der Waals surface area contributed by atoms with Gasteiger partial charge in [-0.3, -0.25) is 0 Å². The van der Waals surface area contributed by atoms with Gasteiger partial charge in [-0.25, -0.2) is 0 Å². The number of hydrogen-bond donors (Lipinski definition) is 2. The summed E-state index contributed by atoms with van der Waals surface area (Å²) in [6.45, 7) is 4.12. The van der Waals surface area contributed by atoms with Crippen molar-refractivity contribution in [2.45, 2.75) is 23.6 Å². The highest BCUT2D eigenvalue weighted by atomic mass is 35.5. The Kier molecular flexibility index (Phi) is 4.57. The Morgan fingerprint density at radius 2 is 1.90 bits per heavy atom. The number of nitrogens with two attached hydrogens (primary N) is 1. The average Bonchev–Trinajstić information content (AvgIpc) is 2.41. The molecule has 0 saturated heterocycles. The molecule has 3 nitrogen and oxygen atoms in total. The third-order valence-corrected chi connectivity index (χ3v) is 4.35. The van der Waals surface area contributed by atoms with E-state index < -0.39 is 0 Å². The van der Waals surface area contributed by atoms with Gasteiger partial charge in [0.15, 0.2) is 5.84 Å². The number of halogens is 1. The molecule has 0 fully saturated rings. The quantitative estimate of drug-likeness (QED) is 0.387. The second kappa shape index (κ2) is 6.20. The second-order valence-corrected chi connectivity index (χ2v) is 6.02. The van der Waals surface area contributed by atoms with E-state index in [9.17, 15) is 0 Å². The summed E-state index contributed by atoms with van der Waals surface area (Å²) in [5.41, 5.74) is 8.77. The summed E-state index contributed by atoms with van der Waals surface area (Å²) >= 11 is 7.59. The fourth-order valence-corrected chi connectivity index (χ4v) is 3.18. The maximum Gasteiger partial charge on any atom is 0.171 e. The Balaban J connectivity index is 2.44. The fourth-order valence-electron chi connectivity index (χ4n) is 1.88. The first-order chi connectivity index (χ1) is 9.51. The van der Waals surface area contributed by atoms with Crippen LogP contribution in [-0.4, -0.2) is 11.0 Å². The molecule has 5 heteroatoms. The summed E-state index contributed by atoms with van der Waals surface area (Å²) in [7, 11) is 0. The van der Waals surface area contributed by atoms with Gasteiger partial charge in [-0.05, 0) is 43.7 Å². The van der Waals surface area contributed by atoms with Crippen LogP contribution in [0.1, 0.15) is 16.7 Å². The summed E-state index contributed by atoms with van der Waals surface area (Å²) in [6, 6.07) is 11.5. The minimum absolute atomic E-state index is 0.0777. The van der Waals surface area contributed by atoms with Crippen molar-refractivity contribution in [3.8, 4) is 0 Å². The van der Waals surface area contributed by atoms with Crippen LogP contribution < -0.4 is 5.73 Å². The van der Waals surface area contributed by atoms with Crippen LogP contribution in [0.2, 0.25) is 5.02 Å². The van der Waals surface area contributed by atoms with Crippen LogP contribution in [-0.2, 0) is 0 Å². The van der Waals surface area contributed by atoms with Crippen molar-refractivity contribution in [2.75, 3.05) is 0 Å². The molecule has 0 saturated carbocycles. The molecule has 2 aromatic rings. The van der Waals surface area contributed by atoms with Crippen molar-refractivity contribution >= 4 is 29.2 Å². The largest absolute Gasteiger partial charge is 0.409 e. The van der Waals surface area contributed by atoms with Crippen LogP contribution in [0, 0.1) is 13.8 Å². The van der Waals surface area contributed by atoms with Gasteiger partial charge in [0.2, 0.25) is 0 Å². The molecular weight excluding hydrogens is 292 g/mol. The molecule has 0 aliphatic carbocycles. The minimum atomic E-state index is 0.0777. The number of hydrogen-bond acceptors (Lipinski definition) is 3. The van der Waals surface area contributed by atoms with Crippen molar-refractivity contribution in [1.29, 1.82) is 0 Å². The molecule has 3 N–H and O–H groups in total. The van der Waals surface area contributed by atoms with Crippen molar-refractivity contribution in [2.24, 2.45) is 10.9 Å². The second-order valence-electron chi connectivity index (χ2n) is 4.50. The summed E-state index contributed by atoms with van der Waals surface area (Å²) in [6.07, 6.45) is 0. The Morgan fingerprint density at radius 1 is 1.15 bits per heavy atom. The zero-order chi connectivity index (χ0) is 14.7. The molecule has 20 heavy (non-hydrogen) atoms. The number of rotatable bonds is 3. The van der Waals surface area contributed by atoms with Gasteiger partial charge in [0.25, 0.3) is 0 Å². The van der Waals surface area contributed by atoms with Crippen LogP contribution in [0.15, 0.2) is 51.3 Å². The summed E-state index contributed by atoms with van der Waals surface area (Å²) in [4.78, 5) is 1.98. The highest BCUT2D eigenvalue weighted by Crippen LogP contribution is 2.34. The van der Waals surface area contributed by atoms with Gasteiger partial charge in [0.05, 0.1) is 0 Å². The van der Waals surface area contributed by atoms with E-state index in [0.717, 1.165) is 9.79 Å². The molecule has 0 atom stereocenters. The third kappa shape index (κ3) is 3.26. The highest BCUT2D eigenvalue weighted by Gasteiger charge is 2.11. The number of aryl methyl sites for hydroxylation is 2. The Hall–Kier alpha value is -1.65. The van der Waals surface area contributed by atoms with E-state index >= 15 is 0 Å². The Morgan fingerprint density at radius 3 is 2.55 bits per heavy atom. The monoisotopic (exact) mass is 306 g/mol. The smallest absolute Gasteiger partial charge is 0.171 e. The van der Waals surface area contributed by atoms with Gasteiger partial charge in [-0.15, -0.1) is 0 Å². The van der Waals surface area contributed by atoms with Gasteiger partial charge in [0, 0.05) is 20.4 Å². The maximum atomic E-state index is 8.86. The SMILES string of the molecule is Cc1ccc(Sc2cc(Cl)ccc2C(N)=NO)c(C)c1. The Labute approximate surface area is 127 Å². The first-order valence-electron chi connectivity index (χ1n) is 6.04. The van der Waals surface area contributed by atoms with E-state index in [4.69, 9.17) is 22.5 Å². The van der Waals surface area contributed by atoms with Crippen LogP contribution >= 0.6 is 23.4 Å². The van der Waals surface area contributed by atoms with Gasteiger partial charge < -0.3 is 10.9 Å². The normalized spacial score (nSPS) is 11.7. The lowest BCUT2D eigenvalue weighted by molar-refractivity contribution is 0.318. The third-order valence-electron chi connectivity index (χ3n) is 2.88. The van der Waals surface area contributed by atoms with Crippen LogP contribution in [0.4, 0.5) is 0 Å². The van der Waals surface area contributed by atoms with Gasteiger partial charge in [0.1, 0.15) is 0 Å². The lowest BCUT2D eigenvalue weighted by Crippen LogP contribution is -2.14. The molecule has 0 unspecified atom stereocenters. The summed E-state index contributed by atoms with van der Waals surface area (Å²) in [5, 5.41) is 12.5. The minimum Gasteiger partial charge on any atom is -0.409 e. The molecule has 104 valence electrons. The molecule has 0 spiro atoms. The first kappa shape index (κ1) is 14.8. The van der Waals surface area contributed by atoms with Gasteiger partial charge >= 0.3 is 0 Å². The lowest BCUT2D eigenvalue weighted by atomic mass is 10.2. The zero-order valence-corrected chi connectivity index (χ0v) is 12.8. The maximum absolute atomic E-state index is 8.86. The van der Waals surface area contributed by atoms with Crippen molar-refractivity contribution < 1.29 is 5.21 Å². The highest BCUT2D eigenvalue weighted by molar-refractivity contribution is 7.99. The average molecular weight is 307 g/mol. The zero-order valence-electron chi connectivity index (χ0n) is 11.2. The number of nitrogens with zero attached hydrogens (tertiary/aromatic N) is 1. The molecule has 0 bridgehead atoms. The van der Waals surface area contributed by atoms with Crippen LogP contribution in [0.3, 0.4) is 0 Å². The topological polar surface area (TPSA) is 58.6 Å². The van der Waals surface area contributed by atoms with Crippen molar-refractivity contribution in [3.63, 3.8) is 0 Å². The molecule has 2 rings (SSSR count). The standard InChI is InChI=1S/C15H15ClN2OS/c1-9-3-6-13(10(2)7-9)20-14-8-11(16)4-5-12(14)15(17)18-19/h3-8,19H,1-2H3,(H2,17,18). The van der Waals surface area contributed by atoms with E-state index in [1.54, 1.807) is 23.9 Å². The lowest BCUT2D eigenvalue weighted by Gasteiger charge is -2.11. The van der Waals surface area contributed by atoms with Crippen molar-refractivity contribution in [3.05, 3.63) is 58.1 Å². The summed E-state index contributed by atoms with van der Waals surface area (Å²) in [5.74, 6) is 0.0777. The van der Waals surface area contributed by atoms with Crippen molar-refractivity contribution in [1.82, 2.24) is 0 Å². The molecule has 0 aromatic heterocycles. The van der Waals surface area contributed by atoms with E-state index in [1.807, 2.05) is 6.07 Å². The van der Waals surface area contributed by atoms with E-state index in [1.165, 1.54) is 11.1 Å². The molecular formula is C15H15ClN2OS. The van der Waals surface area contributed by atoms with E-state index in [-0.39, 0.29) is 5.84 Å². The fraction of sp³-hybridized carbons (Fsp3) is 0.133. The number of benzene rings is 2. The molecule has 0 amide bonds. The molecule has 2 aromatic carbocycles. The molecule has 0 heterocycles. The predicted molar refractivity (Wildman–Crippen MR) is 84.0 cm³/mol. The van der Waals surface area contributed by atoms with Crippen LogP contribution in [0.5, 0.6) is 0 Å². The summed E-state index contributed by atoms with van der Waals surface area (Å²) < 4.78 is 0. The predicted octanol–water partition coefficient (Wildman–Crippen LogP) is 4.20. The number of oxime groups is 1. The number of amidine groups is 1. The molecule has 0 aliphatic heterocycles. The molecule has 0 radical (unpaired) electrons. The Bertz CT molecular complexity index is 671. The molecule has 0 aliphatic rings. The van der Waals surface area contributed by atoms with Gasteiger partial charge in [-0.1, -0.05) is 46.2 Å².